The van der Waals surface area contributed by atoms with Crippen LogP contribution in [0.25, 0.3) is 0 Å². The van der Waals surface area contributed by atoms with E-state index in [4.69, 9.17) is 0 Å². The van der Waals surface area contributed by atoms with Gasteiger partial charge in [0, 0.05) is 20.2 Å². The van der Waals surface area contributed by atoms with E-state index >= 15 is 0 Å². The molecule has 0 saturated carbocycles. The lowest BCUT2D eigenvalue weighted by molar-refractivity contribution is 0.0950. The van der Waals surface area contributed by atoms with Gasteiger partial charge < -0.3 is 5.32 Å². The zero-order chi connectivity index (χ0) is 13.8. The number of amides is 1. The Hall–Kier alpha value is -0.950. The Balaban J connectivity index is 2.06. The predicted octanol–water partition coefficient (Wildman–Crippen LogP) is 4.12. The molecule has 2 rings (SSSR count). The molecule has 0 aliphatic rings. The van der Waals surface area contributed by atoms with Crippen LogP contribution in [-0.2, 0) is 6.54 Å². The van der Waals surface area contributed by atoms with Crippen molar-refractivity contribution in [1.82, 2.24) is 5.32 Å². The van der Waals surface area contributed by atoms with E-state index in [9.17, 15) is 9.18 Å². The van der Waals surface area contributed by atoms with Crippen LogP contribution < -0.4 is 5.32 Å². The van der Waals surface area contributed by atoms with E-state index in [0.29, 0.717) is 11.1 Å². The van der Waals surface area contributed by atoms with Gasteiger partial charge in [0.15, 0.2) is 0 Å². The molecule has 5 heteroatoms. The summed E-state index contributed by atoms with van der Waals surface area (Å²) in [4.78, 5) is 11.9. The molecule has 0 radical (unpaired) electrons. The molecule has 0 heterocycles. The van der Waals surface area contributed by atoms with E-state index in [2.05, 4.69) is 43.8 Å². The van der Waals surface area contributed by atoms with Gasteiger partial charge in [0.1, 0.15) is 5.82 Å². The van der Waals surface area contributed by atoms with Gasteiger partial charge in [-0.25, -0.2) is 4.39 Å². The van der Waals surface area contributed by atoms with Crippen molar-refractivity contribution in [2.45, 2.75) is 6.54 Å². The maximum absolute atomic E-state index is 13.1. The number of benzene rings is 2. The van der Waals surface area contributed by atoms with Crippen molar-refractivity contribution >= 4 is 44.4 Å². The SMILES string of the molecule is O=C(NCc1cc(F)ccc1Br)c1cccc(I)c1. The van der Waals surface area contributed by atoms with Crippen molar-refractivity contribution in [3.63, 3.8) is 0 Å². The van der Waals surface area contributed by atoms with Crippen LogP contribution >= 0.6 is 38.5 Å². The Kier molecular flexibility index (Phi) is 4.93. The molecule has 0 unspecified atom stereocenters. The summed E-state index contributed by atoms with van der Waals surface area (Å²) < 4.78 is 14.9. The fourth-order valence-corrected chi connectivity index (χ4v) is 2.52. The molecule has 1 N–H and O–H groups in total. The van der Waals surface area contributed by atoms with Crippen molar-refractivity contribution in [1.29, 1.82) is 0 Å². The largest absolute Gasteiger partial charge is 0.348 e. The van der Waals surface area contributed by atoms with Crippen molar-refractivity contribution in [3.05, 3.63) is 67.5 Å². The van der Waals surface area contributed by atoms with Crippen LogP contribution in [0.4, 0.5) is 4.39 Å². The lowest BCUT2D eigenvalue weighted by Crippen LogP contribution is -2.23. The van der Waals surface area contributed by atoms with E-state index in [-0.39, 0.29) is 18.3 Å². The quantitative estimate of drug-likeness (QED) is 0.724. The molecular weight excluding hydrogens is 424 g/mol. The van der Waals surface area contributed by atoms with Crippen molar-refractivity contribution in [2.24, 2.45) is 0 Å². The summed E-state index contributed by atoms with van der Waals surface area (Å²) in [5.74, 6) is -0.489. The average Bonchev–Trinajstić information content (AvgIpc) is 2.39. The fourth-order valence-electron chi connectivity index (χ4n) is 1.59. The molecule has 0 fully saturated rings. The van der Waals surface area contributed by atoms with Gasteiger partial charge in [0.25, 0.3) is 5.91 Å². The van der Waals surface area contributed by atoms with Gasteiger partial charge in [0.05, 0.1) is 0 Å². The van der Waals surface area contributed by atoms with Crippen molar-refractivity contribution in [2.75, 3.05) is 0 Å². The first-order valence-electron chi connectivity index (χ1n) is 5.54. The third-order valence-corrected chi connectivity index (χ3v) is 3.98. The Morgan fingerprint density at radius 1 is 1.26 bits per heavy atom. The van der Waals surface area contributed by atoms with Crippen LogP contribution in [0.2, 0.25) is 0 Å². The molecular formula is C14H10BrFINO. The first kappa shape index (κ1) is 14.5. The zero-order valence-corrected chi connectivity index (χ0v) is 13.5. The summed E-state index contributed by atoms with van der Waals surface area (Å²) in [6.07, 6.45) is 0. The Bertz CT molecular complexity index is 618. The van der Waals surface area contributed by atoms with Gasteiger partial charge in [-0.05, 0) is 64.6 Å². The van der Waals surface area contributed by atoms with Gasteiger partial charge in [0.2, 0.25) is 0 Å². The van der Waals surface area contributed by atoms with Crippen LogP contribution in [-0.4, -0.2) is 5.91 Å². The van der Waals surface area contributed by atoms with E-state index in [1.165, 1.54) is 12.1 Å². The smallest absolute Gasteiger partial charge is 0.251 e. The van der Waals surface area contributed by atoms with Crippen LogP contribution in [0.15, 0.2) is 46.9 Å². The van der Waals surface area contributed by atoms with Crippen LogP contribution in [0, 0.1) is 9.39 Å². The maximum Gasteiger partial charge on any atom is 0.251 e. The third-order valence-electron chi connectivity index (χ3n) is 2.53. The molecule has 0 atom stereocenters. The number of hydrogen-bond donors (Lipinski definition) is 1. The molecule has 2 aromatic rings. The number of carbonyl (C=O) groups excluding carboxylic acids is 1. The summed E-state index contributed by atoms with van der Waals surface area (Å²) in [5.41, 5.74) is 1.30. The second kappa shape index (κ2) is 6.47. The third kappa shape index (κ3) is 4.01. The summed E-state index contributed by atoms with van der Waals surface area (Å²) in [6.45, 7) is 0.280. The topological polar surface area (TPSA) is 29.1 Å². The molecule has 2 aromatic carbocycles. The van der Waals surface area contributed by atoms with E-state index in [1.54, 1.807) is 18.2 Å². The zero-order valence-electron chi connectivity index (χ0n) is 9.79. The summed E-state index contributed by atoms with van der Waals surface area (Å²) in [5, 5.41) is 2.77. The van der Waals surface area contributed by atoms with Gasteiger partial charge in [-0.1, -0.05) is 22.0 Å². The molecule has 0 saturated heterocycles. The monoisotopic (exact) mass is 433 g/mol. The molecule has 2 nitrogen and oxygen atoms in total. The highest BCUT2D eigenvalue weighted by Crippen LogP contribution is 2.17. The number of hydrogen-bond acceptors (Lipinski definition) is 1. The minimum atomic E-state index is -0.318. The number of halogens is 3. The first-order chi connectivity index (χ1) is 9.06. The normalized spacial score (nSPS) is 10.3. The predicted molar refractivity (Wildman–Crippen MR) is 84.4 cm³/mol. The highest BCUT2D eigenvalue weighted by Gasteiger charge is 2.07. The van der Waals surface area contributed by atoms with E-state index < -0.39 is 0 Å². The molecule has 1 amide bonds. The summed E-state index contributed by atoms with van der Waals surface area (Å²) in [6, 6.07) is 11.7. The number of carbonyl (C=O) groups is 1. The highest BCUT2D eigenvalue weighted by atomic mass is 127. The molecule has 0 spiro atoms. The average molecular weight is 434 g/mol. The van der Waals surface area contributed by atoms with Gasteiger partial charge in [-0.15, -0.1) is 0 Å². The highest BCUT2D eigenvalue weighted by molar-refractivity contribution is 14.1. The first-order valence-corrected chi connectivity index (χ1v) is 7.41. The minimum Gasteiger partial charge on any atom is -0.348 e. The Labute approximate surface area is 132 Å². The summed E-state index contributed by atoms with van der Waals surface area (Å²) >= 11 is 5.48. The standard InChI is InChI=1S/C14H10BrFINO/c15-13-5-4-11(16)6-10(13)8-18-14(19)9-2-1-3-12(17)7-9/h1-7H,8H2,(H,18,19). The van der Waals surface area contributed by atoms with Crippen LogP contribution in [0.5, 0.6) is 0 Å². The lowest BCUT2D eigenvalue weighted by atomic mass is 10.2. The minimum absolute atomic E-state index is 0.172. The Morgan fingerprint density at radius 3 is 2.79 bits per heavy atom. The van der Waals surface area contributed by atoms with Crippen LogP contribution in [0.3, 0.4) is 0 Å². The lowest BCUT2D eigenvalue weighted by Gasteiger charge is -2.07. The van der Waals surface area contributed by atoms with Gasteiger partial charge in [-0.3, -0.25) is 4.79 Å². The molecule has 0 aliphatic heterocycles. The van der Waals surface area contributed by atoms with Gasteiger partial charge in [-0.2, -0.15) is 0 Å². The molecule has 0 aromatic heterocycles. The second-order valence-corrected chi connectivity index (χ2v) is 6.03. The second-order valence-electron chi connectivity index (χ2n) is 3.93. The van der Waals surface area contributed by atoms with Crippen LogP contribution in [0.1, 0.15) is 15.9 Å². The molecule has 19 heavy (non-hydrogen) atoms. The van der Waals surface area contributed by atoms with Gasteiger partial charge >= 0.3 is 0 Å². The number of nitrogens with one attached hydrogen (secondary N) is 1. The van der Waals surface area contributed by atoms with E-state index in [0.717, 1.165) is 8.04 Å². The molecule has 0 bridgehead atoms. The fraction of sp³-hybridized carbons (Fsp3) is 0.0714. The number of rotatable bonds is 3. The Morgan fingerprint density at radius 2 is 2.05 bits per heavy atom. The molecule has 0 aliphatic carbocycles. The van der Waals surface area contributed by atoms with Crippen molar-refractivity contribution < 1.29 is 9.18 Å². The van der Waals surface area contributed by atoms with E-state index in [1.807, 2.05) is 12.1 Å². The molecule has 98 valence electrons. The summed E-state index contributed by atoms with van der Waals surface area (Å²) in [7, 11) is 0. The maximum atomic E-state index is 13.1. The van der Waals surface area contributed by atoms with Crippen molar-refractivity contribution in [3.8, 4) is 0 Å².